The van der Waals surface area contributed by atoms with Crippen LogP contribution in [-0.4, -0.2) is 26.7 Å². The molecule has 0 spiro atoms. The molecule has 0 aliphatic carbocycles. The molecule has 102 valence electrons. The van der Waals surface area contributed by atoms with E-state index in [9.17, 15) is 5.26 Å². The van der Waals surface area contributed by atoms with Crippen LogP contribution in [0.3, 0.4) is 0 Å². The molecular formula is C17H19N3. The molecule has 1 heterocycles. The second-order valence-corrected chi connectivity index (χ2v) is 5.45. The molecule has 0 bridgehead atoms. The summed E-state index contributed by atoms with van der Waals surface area (Å²) in [6.07, 6.45) is 1.23. The molecule has 0 aromatic heterocycles. The fraction of sp³-hybridized carbons (Fsp3) is 0.353. The minimum absolute atomic E-state index is 0.717. The van der Waals surface area contributed by atoms with Crippen LogP contribution in [0, 0.1) is 17.2 Å². The van der Waals surface area contributed by atoms with Gasteiger partial charge in [0.1, 0.15) is 0 Å². The van der Waals surface area contributed by atoms with E-state index in [4.69, 9.17) is 0 Å². The monoisotopic (exact) mass is 265 g/mol. The maximum absolute atomic E-state index is 9.23. The lowest BCUT2D eigenvalue weighted by Gasteiger charge is -2.21. The van der Waals surface area contributed by atoms with Gasteiger partial charge in [-0.3, -0.25) is 0 Å². The van der Waals surface area contributed by atoms with Crippen molar-refractivity contribution < 1.29 is 0 Å². The Labute approximate surface area is 119 Å². The van der Waals surface area contributed by atoms with Gasteiger partial charge in [0.15, 0.2) is 0 Å². The van der Waals surface area contributed by atoms with Crippen molar-refractivity contribution in [2.24, 2.45) is 5.92 Å². The highest BCUT2D eigenvalue weighted by Crippen LogP contribution is 2.32. The number of fused-ring (bicyclic) bond motifs is 1. The van der Waals surface area contributed by atoms with Crippen LogP contribution in [0.5, 0.6) is 0 Å². The average molecular weight is 265 g/mol. The normalized spacial score (nSPS) is 18.4. The Morgan fingerprint density at radius 2 is 2.05 bits per heavy atom. The molecule has 0 saturated carbocycles. The fourth-order valence-electron chi connectivity index (χ4n) is 3.16. The number of anilines is 1. The highest BCUT2D eigenvalue weighted by molar-refractivity contribution is 5.97. The predicted molar refractivity (Wildman–Crippen MR) is 82.9 cm³/mol. The van der Waals surface area contributed by atoms with E-state index >= 15 is 0 Å². The third-order valence-corrected chi connectivity index (χ3v) is 4.14. The van der Waals surface area contributed by atoms with Crippen molar-refractivity contribution in [2.75, 3.05) is 31.6 Å². The van der Waals surface area contributed by atoms with Crippen LogP contribution in [0.4, 0.5) is 5.69 Å². The van der Waals surface area contributed by atoms with E-state index in [2.05, 4.69) is 28.4 Å². The van der Waals surface area contributed by atoms with Gasteiger partial charge in [0.05, 0.1) is 11.6 Å². The van der Waals surface area contributed by atoms with Crippen LogP contribution in [0.1, 0.15) is 12.0 Å². The van der Waals surface area contributed by atoms with Crippen molar-refractivity contribution in [1.29, 1.82) is 5.26 Å². The van der Waals surface area contributed by atoms with Gasteiger partial charge >= 0.3 is 0 Å². The molecule has 2 aromatic rings. The summed E-state index contributed by atoms with van der Waals surface area (Å²) in [6, 6.07) is 14.5. The third-order valence-electron chi connectivity index (χ3n) is 4.14. The van der Waals surface area contributed by atoms with Crippen molar-refractivity contribution in [1.82, 2.24) is 5.32 Å². The summed E-state index contributed by atoms with van der Waals surface area (Å²) in [5.74, 6) is 0.717. The standard InChI is InChI=1S/C17H19N3/c1-19-11-13-8-9-20(12-13)17-7-6-14(10-18)15-4-2-3-5-16(15)17/h2-7,13,19H,8-9,11-12H2,1H3. The minimum Gasteiger partial charge on any atom is -0.371 e. The van der Waals surface area contributed by atoms with Gasteiger partial charge in [-0.25, -0.2) is 0 Å². The van der Waals surface area contributed by atoms with Gasteiger partial charge in [-0.15, -0.1) is 0 Å². The highest BCUT2D eigenvalue weighted by Gasteiger charge is 2.23. The quantitative estimate of drug-likeness (QED) is 0.927. The van der Waals surface area contributed by atoms with Gasteiger partial charge in [0.2, 0.25) is 0 Å². The van der Waals surface area contributed by atoms with E-state index in [-0.39, 0.29) is 0 Å². The van der Waals surface area contributed by atoms with Crippen LogP contribution in [0.25, 0.3) is 10.8 Å². The molecule has 0 radical (unpaired) electrons. The van der Waals surface area contributed by atoms with Gasteiger partial charge in [0, 0.05) is 29.5 Å². The molecule has 1 aliphatic heterocycles. The van der Waals surface area contributed by atoms with E-state index < -0.39 is 0 Å². The number of hydrogen-bond donors (Lipinski definition) is 1. The Hall–Kier alpha value is -2.05. The molecule has 3 rings (SSSR count). The number of hydrogen-bond acceptors (Lipinski definition) is 3. The summed E-state index contributed by atoms with van der Waals surface area (Å²) < 4.78 is 0. The van der Waals surface area contributed by atoms with Crippen LogP contribution >= 0.6 is 0 Å². The first-order chi connectivity index (χ1) is 9.83. The lowest BCUT2D eigenvalue weighted by Crippen LogP contribution is -2.24. The first kappa shape index (κ1) is 13.0. The van der Waals surface area contributed by atoms with Crippen LogP contribution in [0.15, 0.2) is 36.4 Å². The van der Waals surface area contributed by atoms with Crippen molar-refractivity contribution in [3.63, 3.8) is 0 Å². The molecule has 1 fully saturated rings. The molecular weight excluding hydrogens is 246 g/mol. The second-order valence-electron chi connectivity index (χ2n) is 5.45. The summed E-state index contributed by atoms with van der Waals surface area (Å²) >= 11 is 0. The van der Waals surface area contributed by atoms with E-state index in [1.165, 1.54) is 17.5 Å². The zero-order valence-electron chi connectivity index (χ0n) is 11.8. The van der Waals surface area contributed by atoms with Crippen LogP contribution in [-0.2, 0) is 0 Å². The lowest BCUT2D eigenvalue weighted by molar-refractivity contribution is 0.549. The summed E-state index contributed by atoms with van der Waals surface area (Å²) in [5.41, 5.74) is 2.02. The molecule has 1 aliphatic rings. The smallest absolute Gasteiger partial charge is 0.0998 e. The van der Waals surface area contributed by atoms with Crippen molar-refractivity contribution >= 4 is 16.5 Å². The van der Waals surface area contributed by atoms with Gasteiger partial charge in [0.25, 0.3) is 0 Å². The van der Waals surface area contributed by atoms with Crippen molar-refractivity contribution in [3.8, 4) is 6.07 Å². The zero-order valence-corrected chi connectivity index (χ0v) is 11.8. The molecule has 1 saturated heterocycles. The van der Waals surface area contributed by atoms with Crippen molar-refractivity contribution in [2.45, 2.75) is 6.42 Å². The number of nitrogens with one attached hydrogen (secondary N) is 1. The van der Waals surface area contributed by atoms with Gasteiger partial charge in [-0.05, 0) is 38.1 Å². The summed E-state index contributed by atoms with van der Waals surface area (Å²) in [7, 11) is 2.01. The predicted octanol–water partition coefficient (Wildman–Crippen LogP) is 2.76. The van der Waals surface area contributed by atoms with E-state index in [0.29, 0.717) is 0 Å². The molecule has 3 heteroatoms. The van der Waals surface area contributed by atoms with Crippen LogP contribution in [0.2, 0.25) is 0 Å². The average Bonchev–Trinajstić information content (AvgIpc) is 2.95. The second kappa shape index (κ2) is 5.52. The summed E-state index contributed by atoms with van der Waals surface area (Å²) in [5, 5.41) is 14.8. The molecule has 3 nitrogen and oxygen atoms in total. The first-order valence-electron chi connectivity index (χ1n) is 7.15. The number of benzene rings is 2. The highest BCUT2D eigenvalue weighted by atomic mass is 15.2. The number of nitriles is 1. The Bertz CT molecular complexity index is 657. The number of nitrogens with zero attached hydrogens (tertiary/aromatic N) is 2. The Balaban J connectivity index is 1.99. The summed E-state index contributed by atoms with van der Waals surface area (Å²) in [6.45, 7) is 3.27. The fourth-order valence-corrected chi connectivity index (χ4v) is 3.16. The largest absolute Gasteiger partial charge is 0.371 e. The molecule has 0 amide bonds. The maximum atomic E-state index is 9.23. The Morgan fingerprint density at radius 1 is 1.25 bits per heavy atom. The SMILES string of the molecule is CNCC1CCN(c2ccc(C#N)c3ccccc23)C1. The molecule has 1 unspecified atom stereocenters. The molecule has 2 aromatic carbocycles. The molecule has 1 N–H and O–H groups in total. The zero-order chi connectivity index (χ0) is 13.9. The minimum atomic E-state index is 0.717. The summed E-state index contributed by atoms with van der Waals surface area (Å²) in [4.78, 5) is 2.45. The topological polar surface area (TPSA) is 39.1 Å². The first-order valence-corrected chi connectivity index (χ1v) is 7.15. The van der Waals surface area contributed by atoms with Gasteiger partial charge in [-0.2, -0.15) is 5.26 Å². The third kappa shape index (κ3) is 2.23. The lowest BCUT2D eigenvalue weighted by atomic mass is 10.0. The van der Waals surface area contributed by atoms with E-state index in [1.807, 2.05) is 31.3 Å². The Morgan fingerprint density at radius 3 is 2.80 bits per heavy atom. The Kier molecular flexibility index (Phi) is 3.58. The molecule has 1 atom stereocenters. The van der Waals surface area contributed by atoms with Crippen molar-refractivity contribution in [3.05, 3.63) is 42.0 Å². The van der Waals surface area contributed by atoms with E-state index in [1.54, 1.807) is 0 Å². The van der Waals surface area contributed by atoms with Gasteiger partial charge in [-0.1, -0.05) is 24.3 Å². The number of rotatable bonds is 3. The maximum Gasteiger partial charge on any atom is 0.0998 e. The molecule has 20 heavy (non-hydrogen) atoms. The van der Waals surface area contributed by atoms with Crippen LogP contribution < -0.4 is 10.2 Å². The van der Waals surface area contributed by atoms with E-state index in [0.717, 1.165) is 36.5 Å². The van der Waals surface area contributed by atoms with Gasteiger partial charge < -0.3 is 10.2 Å².